The number of amides is 2. The van der Waals surface area contributed by atoms with Gasteiger partial charge in [0.1, 0.15) is 0 Å². The molecule has 4 nitrogen and oxygen atoms in total. The molecule has 1 aliphatic carbocycles. The molecular formula is C14H21N3O. The molecule has 0 aromatic heterocycles. The fourth-order valence-electron chi connectivity index (χ4n) is 1.70. The number of nitrogens with one attached hydrogen (secondary N) is 2. The zero-order chi connectivity index (χ0) is 13.2. The van der Waals surface area contributed by atoms with Gasteiger partial charge in [0.2, 0.25) is 0 Å². The predicted molar refractivity (Wildman–Crippen MR) is 75.1 cm³/mol. The van der Waals surface area contributed by atoms with E-state index in [1.165, 1.54) is 12.8 Å². The van der Waals surface area contributed by atoms with Crippen LogP contribution in [0.1, 0.15) is 19.8 Å². The maximum absolute atomic E-state index is 11.7. The average molecular weight is 247 g/mol. The van der Waals surface area contributed by atoms with Gasteiger partial charge in [0, 0.05) is 32.0 Å². The third kappa shape index (κ3) is 3.39. The van der Waals surface area contributed by atoms with Gasteiger partial charge in [-0.15, -0.1) is 0 Å². The fourth-order valence-corrected chi connectivity index (χ4v) is 1.70. The number of urea groups is 1. The molecular weight excluding hydrogens is 226 g/mol. The first-order chi connectivity index (χ1) is 8.48. The Morgan fingerprint density at radius 2 is 1.89 bits per heavy atom. The van der Waals surface area contributed by atoms with E-state index >= 15 is 0 Å². The zero-order valence-corrected chi connectivity index (χ0v) is 11.3. The highest BCUT2D eigenvalue weighted by molar-refractivity contribution is 5.89. The van der Waals surface area contributed by atoms with Gasteiger partial charge in [-0.25, -0.2) is 4.79 Å². The van der Waals surface area contributed by atoms with E-state index in [0.717, 1.165) is 17.9 Å². The van der Waals surface area contributed by atoms with Gasteiger partial charge in [-0.3, -0.25) is 0 Å². The number of hydrogen-bond donors (Lipinski definition) is 2. The summed E-state index contributed by atoms with van der Waals surface area (Å²) in [5.74, 6) is 0. The fraction of sp³-hybridized carbons (Fsp3) is 0.500. The summed E-state index contributed by atoms with van der Waals surface area (Å²) >= 11 is 0. The SMILES string of the molecule is CN(C)c1ccc(NC(=O)NCC2(C)CC2)cc1. The second-order valence-corrected chi connectivity index (χ2v) is 5.56. The van der Waals surface area contributed by atoms with E-state index in [1.807, 2.05) is 43.3 Å². The first-order valence-electron chi connectivity index (χ1n) is 6.31. The summed E-state index contributed by atoms with van der Waals surface area (Å²) in [5, 5.41) is 5.75. The van der Waals surface area contributed by atoms with Crippen molar-refractivity contribution in [2.24, 2.45) is 5.41 Å². The molecule has 1 fully saturated rings. The highest BCUT2D eigenvalue weighted by Crippen LogP contribution is 2.43. The summed E-state index contributed by atoms with van der Waals surface area (Å²) in [6.45, 7) is 2.95. The number of carbonyl (C=O) groups is 1. The molecule has 0 saturated heterocycles. The lowest BCUT2D eigenvalue weighted by Crippen LogP contribution is -2.32. The maximum Gasteiger partial charge on any atom is 0.319 e. The Morgan fingerprint density at radius 1 is 1.28 bits per heavy atom. The van der Waals surface area contributed by atoms with E-state index < -0.39 is 0 Å². The summed E-state index contributed by atoms with van der Waals surface area (Å²) in [7, 11) is 3.98. The van der Waals surface area contributed by atoms with E-state index in [9.17, 15) is 4.79 Å². The van der Waals surface area contributed by atoms with E-state index in [0.29, 0.717) is 5.41 Å². The van der Waals surface area contributed by atoms with Gasteiger partial charge in [0.05, 0.1) is 0 Å². The number of benzene rings is 1. The summed E-state index contributed by atoms with van der Waals surface area (Å²) in [4.78, 5) is 13.7. The van der Waals surface area contributed by atoms with Crippen LogP contribution < -0.4 is 15.5 Å². The van der Waals surface area contributed by atoms with Crippen LogP contribution in [0.3, 0.4) is 0 Å². The van der Waals surface area contributed by atoms with Crippen LogP contribution in [0.5, 0.6) is 0 Å². The monoisotopic (exact) mass is 247 g/mol. The third-order valence-corrected chi connectivity index (χ3v) is 3.42. The minimum Gasteiger partial charge on any atom is -0.378 e. The number of nitrogens with zero attached hydrogens (tertiary/aromatic N) is 1. The Hall–Kier alpha value is -1.71. The van der Waals surface area contributed by atoms with Gasteiger partial charge < -0.3 is 15.5 Å². The van der Waals surface area contributed by atoms with Crippen LogP contribution in [0.4, 0.5) is 16.2 Å². The Labute approximate surface area is 108 Å². The zero-order valence-electron chi connectivity index (χ0n) is 11.3. The number of anilines is 2. The van der Waals surface area contributed by atoms with Crippen molar-refractivity contribution in [3.8, 4) is 0 Å². The van der Waals surface area contributed by atoms with Crippen molar-refractivity contribution in [2.75, 3.05) is 30.9 Å². The maximum atomic E-state index is 11.7. The standard InChI is InChI=1S/C14H21N3O/c1-14(8-9-14)10-15-13(18)16-11-4-6-12(7-5-11)17(2)3/h4-7H,8-10H2,1-3H3,(H2,15,16,18). The lowest BCUT2D eigenvalue weighted by atomic mass is 10.1. The van der Waals surface area contributed by atoms with E-state index in [1.54, 1.807) is 0 Å². The Kier molecular flexibility index (Phi) is 3.45. The Balaban J connectivity index is 1.82. The second kappa shape index (κ2) is 4.88. The molecule has 1 saturated carbocycles. The topological polar surface area (TPSA) is 44.4 Å². The number of rotatable bonds is 4. The van der Waals surface area contributed by atoms with Gasteiger partial charge in [0.25, 0.3) is 0 Å². The molecule has 0 unspecified atom stereocenters. The molecule has 4 heteroatoms. The van der Waals surface area contributed by atoms with Crippen LogP contribution in [-0.2, 0) is 0 Å². The Bertz CT molecular complexity index is 421. The van der Waals surface area contributed by atoms with E-state index in [4.69, 9.17) is 0 Å². The number of carbonyl (C=O) groups excluding carboxylic acids is 1. The van der Waals surface area contributed by atoms with Gasteiger partial charge in [0.15, 0.2) is 0 Å². The molecule has 0 radical (unpaired) electrons. The van der Waals surface area contributed by atoms with Crippen molar-refractivity contribution in [2.45, 2.75) is 19.8 Å². The van der Waals surface area contributed by atoms with Crippen LogP contribution in [0, 0.1) is 5.41 Å². The molecule has 2 amide bonds. The quantitative estimate of drug-likeness (QED) is 0.859. The van der Waals surface area contributed by atoms with Crippen LogP contribution in [0.25, 0.3) is 0 Å². The lowest BCUT2D eigenvalue weighted by molar-refractivity contribution is 0.250. The van der Waals surface area contributed by atoms with Crippen molar-refractivity contribution in [1.82, 2.24) is 5.32 Å². The van der Waals surface area contributed by atoms with Crippen LogP contribution in [0.15, 0.2) is 24.3 Å². The average Bonchev–Trinajstić information content (AvgIpc) is 3.06. The smallest absolute Gasteiger partial charge is 0.319 e. The van der Waals surface area contributed by atoms with Crippen molar-refractivity contribution >= 4 is 17.4 Å². The summed E-state index contributed by atoms with van der Waals surface area (Å²) in [5.41, 5.74) is 2.28. The van der Waals surface area contributed by atoms with Crippen LogP contribution in [-0.4, -0.2) is 26.7 Å². The predicted octanol–water partition coefficient (Wildman–Crippen LogP) is 2.67. The normalized spacial score (nSPS) is 15.9. The summed E-state index contributed by atoms with van der Waals surface area (Å²) in [6.07, 6.45) is 2.43. The molecule has 0 bridgehead atoms. The molecule has 1 aromatic carbocycles. The lowest BCUT2D eigenvalue weighted by Gasteiger charge is -2.14. The van der Waals surface area contributed by atoms with Crippen LogP contribution >= 0.6 is 0 Å². The van der Waals surface area contributed by atoms with Crippen molar-refractivity contribution in [1.29, 1.82) is 0 Å². The highest BCUT2D eigenvalue weighted by Gasteiger charge is 2.37. The minimum atomic E-state index is -0.124. The molecule has 1 aliphatic rings. The first kappa shape index (κ1) is 12.7. The molecule has 1 aromatic rings. The largest absolute Gasteiger partial charge is 0.378 e. The molecule has 18 heavy (non-hydrogen) atoms. The molecule has 0 spiro atoms. The van der Waals surface area contributed by atoms with Crippen molar-refractivity contribution in [3.05, 3.63) is 24.3 Å². The van der Waals surface area contributed by atoms with Crippen LogP contribution in [0.2, 0.25) is 0 Å². The summed E-state index contributed by atoms with van der Waals surface area (Å²) in [6, 6.07) is 7.66. The molecule has 0 atom stereocenters. The first-order valence-corrected chi connectivity index (χ1v) is 6.31. The van der Waals surface area contributed by atoms with Gasteiger partial charge in [-0.2, -0.15) is 0 Å². The Morgan fingerprint density at radius 3 is 2.39 bits per heavy atom. The molecule has 98 valence electrons. The number of hydrogen-bond acceptors (Lipinski definition) is 2. The highest BCUT2D eigenvalue weighted by atomic mass is 16.2. The van der Waals surface area contributed by atoms with E-state index in [2.05, 4.69) is 17.6 Å². The van der Waals surface area contributed by atoms with Gasteiger partial charge >= 0.3 is 6.03 Å². The molecule has 0 heterocycles. The van der Waals surface area contributed by atoms with Crippen molar-refractivity contribution in [3.63, 3.8) is 0 Å². The van der Waals surface area contributed by atoms with Crippen molar-refractivity contribution < 1.29 is 4.79 Å². The molecule has 0 aliphatic heterocycles. The third-order valence-electron chi connectivity index (χ3n) is 3.42. The van der Waals surface area contributed by atoms with E-state index in [-0.39, 0.29) is 6.03 Å². The second-order valence-electron chi connectivity index (χ2n) is 5.56. The molecule has 2 N–H and O–H groups in total. The van der Waals surface area contributed by atoms with Gasteiger partial charge in [-0.05, 0) is 42.5 Å². The van der Waals surface area contributed by atoms with Gasteiger partial charge in [-0.1, -0.05) is 6.92 Å². The minimum absolute atomic E-state index is 0.124. The molecule has 2 rings (SSSR count). The summed E-state index contributed by atoms with van der Waals surface area (Å²) < 4.78 is 0.